The minimum Gasteiger partial charge on any atom is -0.480 e. The first-order chi connectivity index (χ1) is 9.00. The van der Waals surface area contributed by atoms with Gasteiger partial charge in [0.2, 0.25) is 0 Å². The summed E-state index contributed by atoms with van der Waals surface area (Å²) in [6, 6.07) is 4.67. The number of hydrogen-bond acceptors (Lipinski definition) is 3. The normalized spacial score (nSPS) is 19.3. The molecular formula is C13H14BrNO3S. The lowest BCUT2D eigenvalue weighted by atomic mass is 10.1. The highest BCUT2D eigenvalue weighted by atomic mass is 79.9. The fourth-order valence-electron chi connectivity index (χ4n) is 2.07. The second-order valence-electron chi connectivity index (χ2n) is 4.39. The first kappa shape index (κ1) is 14.4. The summed E-state index contributed by atoms with van der Waals surface area (Å²) < 4.78 is 0.908. The quantitative estimate of drug-likeness (QED) is 0.895. The monoisotopic (exact) mass is 343 g/mol. The van der Waals surface area contributed by atoms with E-state index in [4.69, 9.17) is 0 Å². The van der Waals surface area contributed by atoms with Crippen molar-refractivity contribution in [1.82, 2.24) is 4.90 Å². The molecule has 1 saturated heterocycles. The highest BCUT2D eigenvalue weighted by Gasteiger charge is 2.33. The Balaban J connectivity index is 2.28. The molecule has 1 fully saturated rings. The Kier molecular flexibility index (Phi) is 4.52. The first-order valence-corrected chi connectivity index (χ1v) is 7.83. The predicted molar refractivity (Wildman–Crippen MR) is 78.7 cm³/mol. The number of thioether (sulfide) groups is 1. The molecule has 2 rings (SSSR count). The molecule has 1 aliphatic rings. The van der Waals surface area contributed by atoms with Crippen LogP contribution in [0.1, 0.15) is 15.9 Å². The highest BCUT2D eigenvalue weighted by molar-refractivity contribution is 9.10. The van der Waals surface area contributed by atoms with Gasteiger partial charge in [-0.1, -0.05) is 15.9 Å². The lowest BCUT2D eigenvalue weighted by Gasteiger charge is -2.33. The SMILES string of the molecule is Cc1cc(Br)ccc1C(=O)N1CCSCC1C(=O)O. The molecular weight excluding hydrogens is 330 g/mol. The van der Waals surface area contributed by atoms with Crippen molar-refractivity contribution < 1.29 is 14.7 Å². The number of halogens is 1. The van der Waals surface area contributed by atoms with Crippen molar-refractivity contribution in [3.8, 4) is 0 Å². The number of aryl methyl sites for hydroxylation is 1. The summed E-state index contributed by atoms with van der Waals surface area (Å²) in [5.74, 6) is 0.106. The summed E-state index contributed by atoms with van der Waals surface area (Å²) in [5.41, 5.74) is 1.42. The van der Waals surface area contributed by atoms with E-state index in [1.54, 1.807) is 23.9 Å². The third-order valence-electron chi connectivity index (χ3n) is 3.09. The van der Waals surface area contributed by atoms with Crippen LogP contribution >= 0.6 is 27.7 Å². The van der Waals surface area contributed by atoms with Crippen LogP contribution in [-0.2, 0) is 4.79 Å². The van der Waals surface area contributed by atoms with E-state index in [-0.39, 0.29) is 5.91 Å². The maximum atomic E-state index is 12.5. The zero-order chi connectivity index (χ0) is 14.0. The van der Waals surface area contributed by atoms with Crippen molar-refractivity contribution in [2.45, 2.75) is 13.0 Å². The predicted octanol–water partition coefficient (Wildman–Crippen LogP) is 2.40. The molecule has 1 N–H and O–H groups in total. The molecule has 0 aromatic heterocycles. The van der Waals surface area contributed by atoms with Crippen LogP contribution in [0.4, 0.5) is 0 Å². The molecule has 1 aliphatic heterocycles. The molecule has 19 heavy (non-hydrogen) atoms. The lowest BCUT2D eigenvalue weighted by molar-refractivity contribution is -0.141. The third kappa shape index (κ3) is 3.12. The van der Waals surface area contributed by atoms with Gasteiger partial charge in [-0.25, -0.2) is 4.79 Å². The van der Waals surface area contributed by atoms with Gasteiger partial charge >= 0.3 is 5.97 Å². The second kappa shape index (κ2) is 5.96. The van der Waals surface area contributed by atoms with E-state index < -0.39 is 12.0 Å². The molecule has 1 heterocycles. The van der Waals surface area contributed by atoms with Gasteiger partial charge in [0, 0.05) is 28.1 Å². The van der Waals surface area contributed by atoms with Gasteiger partial charge in [-0.2, -0.15) is 11.8 Å². The molecule has 0 radical (unpaired) electrons. The summed E-state index contributed by atoms with van der Waals surface area (Å²) in [6.45, 7) is 2.34. The lowest BCUT2D eigenvalue weighted by Crippen LogP contribution is -2.50. The topological polar surface area (TPSA) is 57.6 Å². The fraction of sp³-hybridized carbons (Fsp3) is 0.385. The Morgan fingerprint density at radius 2 is 2.21 bits per heavy atom. The summed E-state index contributed by atoms with van der Waals surface area (Å²) in [4.78, 5) is 25.2. The zero-order valence-electron chi connectivity index (χ0n) is 10.4. The Labute approximate surface area is 124 Å². The van der Waals surface area contributed by atoms with Gasteiger partial charge < -0.3 is 10.0 Å². The number of benzene rings is 1. The number of carbonyl (C=O) groups is 2. The minimum atomic E-state index is -0.935. The van der Waals surface area contributed by atoms with Gasteiger partial charge in [-0.15, -0.1) is 0 Å². The number of amides is 1. The van der Waals surface area contributed by atoms with Crippen molar-refractivity contribution in [1.29, 1.82) is 0 Å². The van der Waals surface area contributed by atoms with Gasteiger partial charge in [0.1, 0.15) is 6.04 Å². The average Bonchev–Trinajstić information content (AvgIpc) is 2.38. The van der Waals surface area contributed by atoms with Crippen LogP contribution in [0.25, 0.3) is 0 Å². The standard InChI is InChI=1S/C13H14BrNO3S/c1-8-6-9(14)2-3-10(8)12(16)15-4-5-19-7-11(15)13(17)18/h2-3,6,11H,4-5,7H2,1H3,(H,17,18). The van der Waals surface area contributed by atoms with Crippen molar-refractivity contribution in [3.05, 3.63) is 33.8 Å². The molecule has 102 valence electrons. The Bertz CT molecular complexity index is 521. The maximum Gasteiger partial charge on any atom is 0.327 e. The van der Waals surface area contributed by atoms with Crippen LogP contribution in [0.3, 0.4) is 0 Å². The van der Waals surface area contributed by atoms with Crippen LogP contribution in [0.5, 0.6) is 0 Å². The van der Waals surface area contributed by atoms with Gasteiger partial charge in [-0.3, -0.25) is 4.79 Å². The molecule has 1 atom stereocenters. The van der Waals surface area contributed by atoms with Gasteiger partial charge in [0.25, 0.3) is 5.91 Å². The van der Waals surface area contributed by atoms with E-state index in [1.807, 2.05) is 13.0 Å². The number of carboxylic acids is 1. The summed E-state index contributed by atoms with van der Waals surface area (Å²) in [5, 5.41) is 9.20. The van der Waals surface area contributed by atoms with Crippen LogP contribution in [0, 0.1) is 6.92 Å². The summed E-state index contributed by atoms with van der Waals surface area (Å²) >= 11 is 4.93. The van der Waals surface area contributed by atoms with E-state index in [9.17, 15) is 14.7 Å². The van der Waals surface area contributed by atoms with Gasteiger partial charge in [0.15, 0.2) is 0 Å². The maximum absolute atomic E-state index is 12.5. The first-order valence-electron chi connectivity index (χ1n) is 5.88. The average molecular weight is 344 g/mol. The fourth-order valence-corrected chi connectivity index (χ4v) is 3.59. The number of nitrogens with zero attached hydrogens (tertiary/aromatic N) is 1. The van der Waals surface area contributed by atoms with E-state index in [2.05, 4.69) is 15.9 Å². The number of rotatable bonds is 2. The van der Waals surface area contributed by atoms with Gasteiger partial charge in [-0.05, 0) is 30.7 Å². The minimum absolute atomic E-state index is 0.197. The second-order valence-corrected chi connectivity index (χ2v) is 6.45. The van der Waals surface area contributed by atoms with E-state index in [0.717, 1.165) is 15.8 Å². The molecule has 0 spiro atoms. The summed E-state index contributed by atoms with van der Waals surface area (Å²) in [7, 11) is 0. The molecule has 1 unspecified atom stereocenters. The van der Waals surface area contributed by atoms with Crippen LogP contribution < -0.4 is 0 Å². The van der Waals surface area contributed by atoms with Crippen LogP contribution in [0.2, 0.25) is 0 Å². The van der Waals surface area contributed by atoms with Crippen LogP contribution in [0.15, 0.2) is 22.7 Å². The van der Waals surface area contributed by atoms with Crippen LogP contribution in [-0.4, -0.2) is 46.0 Å². The van der Waals surface area contributed by atoms with Crippen molar-refractivity contribution in [2.75, 3.05) is 18.1 Å². The molecule has 1 aromatic rings. The highest BCUT2D eigenvalue weighted by Crippen LogP contribution is 2.22. The smallest absolute Gasteiger partial charge is 0.327 e. The molecule has 0 aliphatic carbocycles. The Morgan fingerprint density at radius 1 is 1.47 bits per heavy atom. The Hall–Kier alpha value is -1.01. The number of carboxylic acid groups (broad SMARTS) is 1. The molecule has 1 aromatic carbocycles. The largest absolute Gasteiger partial charge is 0.480 e. The zero-order valence-corrected chi connectivity index (χ0v) is 12.8. The summed E-state index contributed by atoms with van der Waals surface area (Å²) in [6.07, 6.45) is 0. The van der Waals surface area contributed by atoms with Crippen molar-refractivity contribution in [2.24, 2.45) is 0 Å². The van der Waals surface area contributed by atoms with E-state index >= 15 is 0 Å². The van der Waals surface area contributed by atoms with E-state index in [1.165, 1.54) is 4.90 Å². The molecule has 0 saturated carbocycles. The van der Waals surface area contributed by atoms with Crippen molar-refractivity contribution in [3.63, 3.8) is 0 Å². The third-order valence-corrected chi connectivity index (χ3v) is 4.61. The number of hydrogen-bond donors (Lipinski definition) is 1. The molecule has 4 nitrogen and oxygen atoms in total. The van der Waals surface area contributed by atoms with E-state index in [0.29, 0.717) is 17.9 Å². The van der Waals surface area contributed by atoms with Gasteiger partial charge in [0.05, 0.1) is 0 Å². The Morgan fingerprint density at radius 3 is 2.84 bits per heavy atom. The molecule has 0 bridgehead atoms. The number of carbonyl (C=O) groups excluding carboxylic acids is 1. The molecule has 1 amide bonds. The van der Waals surface area contributed by atoms with Crippen molar-refractivity contribution >= 4 is 39.6 Å². The molecule has 6 heteroatoms. The number of aliphatic carboxylic acids is 1.